The van der Waals surface area contributed by atoms with E-state index in [0.29, 0.717) is 17.9 Å². The van der Waals surface area contributed by atoms with Gasteiger partial charge >= 0.3 is 0 Å². The van der Waals surface area contributed by atoms with Gasteiger partial charge in [0, 0.05) is 18.3 Å². The predicted octanol–water partition coefficient (Wildman–Crippen LogP) is 4.58. The van der Waals surface area contributed by atoms with Gasteiger partial charge in [-0.15, -0.1) is 0 Å². The number of aromatic nitrogens is 2. The first-order valence-corrected chi connectivity index (χ1v) is 10.1. The normalized spacial score (nSPS) is 12.2. The first-order chi connectivity index (χ1) is 14.5. The highest BCUT2D eigenvalue weighted by Crippen LogP contribution is 2.24. The molecule has 2 aromatic heterocycles. The van der Waals surface area contributed by atoms with Gasteiger partial charge in [-0.2, -0.15) is 0 Å². The molecular weight excluding hydrogens is 377 g/mol. The Balaban J connectivity index is 1.67. The van der Waals surface area contributed by atoms with Gasteiger partial charge < -0.3 is 5.32 Å². The third-order valence-electron chi connectivity index (χ3n) is 5.32. The lowest BCUT2D eigenvalue weighted by Crippen LogP contribution is -2.25. The second-order valence-corrected chi connectivity index (χ2v) is 7.41. The van der Waals surface area contributed by atoms with Gasteiger partial charge in [-0.1, -0.05) is 49.4 Å². The molecule has 0 saturated heterocycles. The summed E-state index contributed by atoms with van der Waals surface area (Å²) in [5.74, 6) is -0.276. The first-order valence-electron chi connectivity index (χ1n) is 10.1. The number of hydrogen-bond donors (Lipinski definition) is 1. The fourth-order valence-electron chi connectivity index (χ4n) is 3.72. The van der Waals surface area contributed by atoms with E-state index >= 15 is 0 Å². The van der Waals surface area contributed by atoms with E-state index in [1.807, 2.05) is 31.2 Å². The second kappa shape index (κ2) is 8.59. The maximum Gasteiger partial charge on any atom is 0.258 e. The topological polar surface area (TPSA) is 46.4 Å². The van der Waals surface area contributed by atoms with Crippen LogP contribution in [0.25, 0.3) is 5.65 Å². The molecule has 2 heterocycles. The maximum atomic E-state index is 13.9. The Kier molecular flexibility index (Phi) is 5.72. The number of pyridine rings is 1. The van der Waals surface area contributed by atoms with E-state index in [9.17, 15) is 9.18 Å². The molecule has 0 unspecified atom stereocenters. The van der Waals surface area contributed by atoms with Crippen molar-refractivity contribution in [1.29, 1.82) is 0 Å². The van der Waals surface area contributed by atoms with Crippen molar-refractivity contribution in [1.82, 2.24) is 14.7 Å². The van der Waals surface area contributed by atoms with Crippen molar-refractivity contribution < 1.29 is 4.39 Å². The molecule has 4 rings (SSSR count). The number of rotatable bonds is 6. The molecule has 0 fully saturated rings. The fourth-order valence-corrected chi connectivity index (χ4v) is 3.72. The van der Waals surface area contributed by atoms with E-state index in [4.69, 9.17) is 0 Å². The summed E-state index contributed by atoms with van der Waals surface area (Å²) in [6.45, 7) is 4.38. The Morgan fingerprint density at radius 3 is 2.50 bits per heavy atom. The molecule has 0 spiro atoms. The summed E-state index contributed by atoms with van der Waals surface area (Å²) >= 11 is 0. The standard InChI is InChI=1S/C25H24FN3O/c1-3-18-10-12-19(13-11-18)25(20-7-5-8-21(26)14-20)27-16-22-15-24(30)29-17(2)6-4-9-23(29)28-22/h4-15,25,27H,3,16H2,1-2H3/t25-/m1/s1. The molecule has 0 amide bonds. The molecule has 4 nitrogen and oxygen atoms in total. The van der Waals surface area contributed by atoms with Crippen molar-refractivity contribution in [2.24, 2.45) is 0 Å². The molecule has 2 aromatic carbocycles. The zero-order valence-electron chi connectivity index (χ0n) is 17.1. The minimum absolute atomic E-state index is 0.107. The maximum absolute atomic E-state index is 13.9. The van der Waals surface area contributed by atoms with Crippen molar-refractivity contribution >= 4 is 5.65 Å². The highest BCUT2D eigenvalue weighted by Gasteiger charge is 2.15. The van der Waals surface area contributed by atoms with Crippen LogP contribution in [0.5, 0.6) is 0 Å². The molecular formula is C25H24FN3O. The van der Waals surface area contributed by atoms with E-state index in [1.165, 1.54) is 17.7 Å². The summed E-state index contributed by atoms with van der Waals surface area (Å²) in [6, 6.07) is 21.8. The van der Waals surface area contributed by atoms with Gasteiger partial charge in [0.1, 0.15) is 11.5 Å². The average Bonchev–Trinajstić information content (AvgIpc) is 2.74. The molecule has 0 bridgehead atoms. The number of nitrogens with zero attached hydrogens (tertiary/aromatic N) is 2. The average molecular weight is 401 g/mol. The number of nitrogens with one attached hydrogen (secondary N) is 1. The van der Waals surface area contributed by atoms with Crippen LogP contribution >= 0.6 is 0 Å². The van der Waals surface area contributed by atoms with Crippen molar-refractivity contribution in [3.05, 3.63) is 117 Å². The quantitative estimate of drug-likeness (QED) is 0.514. The molecule has 1 atom stereocenters. The van der Waals surface area contributed by atoms with Crippen LogP contribution in [0.3, 0.4) is 0 Å². The SMILES string of the molecule is CCc1ccc([C@@H](NCc2cc(=O)n3c(C)cccc3n2)c2cccc(F)c2)cc1. The highest BCUT2D eigenvalue weighted by molar-refractivity contribution is 5.40. The molecule has 1 N–H and O–H groups in total. The molecule has 0 saturated carbocycles. The molecule has 0 aliphatic carbocycles. The van der Waals surface area contributed by atoms with Gasteiger partial charge in [0.25, 0.3) is 5.56 Å². The van der Waals surface area contributed by atoms with Crippen molar-refractivity contribution in [3.8, 4) is 0 Å². The molecule has 0 radical (unpaired) electrons. The summed E-state index contributed by atoms with van der Waals surface area (Å²) in [7, 11) is 0. The van der Waals surface area contributed by atoms with Crippen molar-refractivity contribution in [2.45, 2.75) is 32.9 Å². The molecule has 0 aliphatic heterocycles. The van der Waals surface area contributed by atoms with Crippen molar-refractivity contribution in [3.63, 3.8) is 0 Å². The van der Waals surface area contributed by atoms with Gasteiger partial charge in [-0.25, -0.2) is 9.37 Å². The third kappa shape index (κ3) is 4.16. The largest absolute Gasteiger partial charge is 0.301 e. The molecule has 4 aromatic rings. The van der Waals surface area contributed by atoms with Crippen molar-refractivity contribution in [2.75, 3.05) is 0 Å². The second-order valence-electron chi connectivity index (χ2n) is 7.41. The number of hydrogen-bond acceptors (Lipinski definition) is 3. The van der Waals surface area contributed by atoms with Gasteiger partial charge in [-0.3, -0.25) is 9.20 Å². The number of fused-ring (bicyclic) bond motifs is 1. The molecule has 0 aliphatic rings. The van der Waals surface area contributed by atoms with E-state index in [-0.39, 0.29) is 17.4 Å². The van der Waals surface area contributed by atoms with Crippen LogP contribution in [0.4, 0.5) is 4.39 Å². The summed E-state index contributed by atoms with van der Waals surface area (Å²) in [6.07, 6.45) is 0.961. The van der Waals surface area contributed by atoms with Gasteiger partial charge in [0.05, 0.1) is 11.7 Å². The highest BCUT2D eigenvalue weighted by atomic mass is 19.1. The van der Waals surface area contributed by atoms with Crippen LogP contribution < -0.4 is 10.9 Å². The van der Waals surface area contributed by atoms with E-state index in [0.717, 1.165) is 23.2 Å². The third-order valence-corrected chi connectivity index (χ3v) is 5.32. The Bertz CT molecular complexity index is 1230. The van der Waals surface area contributed by atoms with Gasteiger partial charge in [0.2, 0.25) is 0 Å². The lowest BCUT2D eigenvalue weighted by atomic mass is 9.97. The Morgan fingerprint density at radius 1 is 1.00 bits per heavy atom. The fraction of sp³-hybridized carbons (Fsp3) is 0.200. The summed E-state index contributed by atoms with van der Waals surface area (Å²) in [4.78, 5) is 17.2. The number of aryl methyl sites for hydroxylation is 2. The lowest BCUT2D eigenvalue weighted by Gasteiger charge is -2.20. The Labute approximate surface area is 175 Å². The Hall–Kier alpha value is -3.31. The predicted molar refractivity (Wildman–Crippen MR) is 117 cm³/mol. The first kappa shape index (κ1) is 20.0. The Morgan fingerprint density at radius 2 is 1.77 bits per heavy atom. The van der Waals surface area contributed by atoms with Gasteiger partial charge in [0.15, 0.2) is 0 Å². The minimum Gasteiger partial charge on any atom is -0.301 e. The van der Waals surface area contributed by atoms with Crippen LogP contribution in [-0.4, -0.2) is 9.38 Å². The monoisotopic (exact) mass is 401 g/mol. The summed E-state index contributed by atoms with van der Waals surface area (Å²) in [5.41, 5.74) is 5.11. The van der Waals surface area contributed by atoms with E-state index < -0.39 is 0 Å². The van der Waals surface area contributed by atoms with Crippen LogP contribution in [0, 0.1) is 12.7 Å². The minimum atomic E-state index is -0.276. The zero-order chi connectivity index (χ0) is 21.1. The number of benzene rings is 2. The van der Waals surface area contributed by atoms with Crippen LogP contribution in [0.15, 0.2) is 77.6 Å². The number of halogens is 1. The molecule has 152 valence electrons. The smallest absolute Gasteiger partial charge is 0.258 e. The summed E-state index contributed by atoms with van der Waals surface area (Å²) < 4.78 is 15.5. The van der Waals surface area contributed by atoms with Crippen LogP contribution in [-0.2, 0) is 13.0 Å². The zero-order valence-corrected chi connectivity index (χ0v) is 17.1. The van der Waals surface area contributed by atoms with E-state index in [1.54, 1.807) is 16.5 Å². The van der Waals surface area contributed by atoms with Gasteiger partial charge in [-0.05, 0) is 54.3 Å². The van der Waals surface area contributed by atoms with E-state index in [2.05, 4.69) is 41.5 Å². The molecule has 5 heteroatoms. The molecule has 30 heavy (non-hydrogen) atoms. The lowest BCUT2D eigenvalue weighted by molar-refractivity contribution is 0.583. The van der Waals surface area contributed by atoms with Crippen LogP contribution in [0.1, 0.15) is 41.0 Å². The summed E-state index contributed by atoms with van der Waals surface area (Å²) in [5, 5.41) is 3.46. The van der Waals surface area contributed by atoms with Crippen LogP contribution in [0.2, 0.25) is 0 Å².